The van der Waals surface area contributed by atoms with Crippen LogP contribution in [0.1, 0.15) is 49.3 Å². The van der Waals surface area contributed by atoms with E-state index in [0.29, 0.717) is 18.7 Å². The maximum absolute atomic E-state index is 13.0. The Morgan fingerprint density at radius 1 is 1.40 bits per heavy atom. The normalized spacial score (nSPS) is 19.8. The summed E-state index contributed by atoms with van der Waals surface area (Å²) >= 11 is 0. The van der Waals surface area contributed by atoms with Gasteiger partial charge in [0.2, 0.25) is 0 Å². The molecule has 0 aromatic carbocycles. The average Bonchev–Trinajstić information content (AvgIpc) is 3.10. The Labute approximate surface area is 161 Å². The molecule has 2 N–H and O–H groups in total. The highest BCUT2D eigenvalue weighted by molar-refractivity contribution is 6.05. The van der Waals surface area contributed by atoms with Crippen molar-refractivity contribution < 1.29 is 4.79 Å². The summed E-state index contributed by atoms with van der Waals surface area (Å²) in [6, 6.07) is 2.08. The third kappa shape index (κ3) is 3.91. The van der Waals surface area contributed by atoms with Crippen LogP contribution in [0.2, 0.25) is 0 Å². The summed E-state index contributed by atoms with van der Waals surface area (Å²) in [6.45, 7) is 10.3. The molecule has 0 saturated carbocycles. The Kier molecular flexibility index (Phi) is 6.84. The molecule has 8 heteroatoms. The lowest BCUT2D eigenvalue weighted by molar-refractivity contribution is 0.0778. The quantitative estimate of drug-likeness (QED) is 0.877. The predicted octanol–water partition coefficient (Wildman–Crippen LogP) is 2.98. The molecule has 1 amide bonds. The van der Waals surface area contributed by atoms with E-state index in [0.717, 1.165) is 29.7 Å². The molecule has 2 aromatic rings. The van der Waals surface area contributed by atoms with Gasteiger partial charge in [-0.3, -0.25) is 4.79 Å². The molecule has 1 atom stereocenters. The number of halogens is 2. The number of hydrogen-bond acceptors (Lipinski definition) is 4. The molecule has 0 bridgehead atoms. The SMILES string of the molecule is Cc1cc(C(=O)N2CCC(C)(CN)C2)c2cnn(C(C)C)c2n1.Cl.Cl. The smallest absolute Gasteiger partial charge is 0.254 e. The molecular formula is C17H27Cl2N5O. The number of rotatable bonds is 3. The van der Waals surface area contributed by atoms with Crippen molar-refractivity contribution in [2.45, 2.75) is 40.2 Å². The number of amides is 1. The van der Waals surface area contributed by atoms with Crippen molar-refractivity contribution in [1.29, 1.82) is 0 Å². The topological polar surface area (TPSA) is 77.0 Å². The molecule has 1 unspecified atom stereocenters. The largest absolute Gasteiger partial charge is 0.338 e. The second-order valence-electron chi connectivity index (χ2n) is 7.22. The zero-order valence-corrected chi connectivity index (χ0v) is 16.8. The van der Waals surface area contributed by atoms with E-state index < -0.39 is 0 Å². The van der Waals surface area contributed by atoms with E-state index in [2.05, 4.69) is 30.9 Å². The van der Waals surface area contributed by atoms with Crippen LogP contribution in [0.15, 0.2) is 12.3 Å². The lowest BCUT2D eigenvalue weighted by atomic mass is 9.90. The lowest BCUT2D eigenvalue weighted by Crippen LogP contribution is -2.34. The van der Waals surface area contributed by atoms with Crippen molar-refractivity contribution in [3.8, 4) is 0 Å². The first kappa shape index (κ1) is 21.7. The van der Waals surface area contributed by atoms with Crippen LogP contribution in [-0.4, -0.2) is 45.2 Å². The van der Waals surface area contributed by atoms with Gasteiger partial charge in [0.1, 0.15) is 0 Å². The number of nitrogens with two attached hydrogens (primary N) is 1. The predicted molar refractivity (Wildman–Crippen MR) is 105 cm³/mol. The number of hydrogen-bond donors (Lipinski definition) is 1. The molecule has 25 heavy (non-hydrogen) atoms. The molecule has 3 rings (SSSR count). The third-order valence-corrected chi connectivity index (χ3v) is 4.75. The number of carbonyl (C=O) groups excluding carboxylic acids is 1. The first-order chi connectivity index (χ1) is 10.8. The third-order valence-electron chi connectivity index (χ3n) is 4.75. The number of carbonyl (C=O) groups is 1. The number of aryl methyl sites for hydroxylation is 1. The van der Waals surface area contributed by atoms with Crippen molar-refractivity contribution in [3.63, 3.8) is 0 Å². The standard InChI is InChI=1S/C17H25N5O.2ClH/c1-11(2)22-15-14(8-19-22)13(7-12(3)20-15)16(23)21-6-5-17(4,9-18)10-21;;/h7-8,11H,5-6,9-10,18H2,1-4H3;2*1H. The van der Waals surface area contributed by atoms with Crippen molar-refractivity contribution in [3.05, 3.63) is 23.5 Å². The Morgan fingerprint density at radius 3 is 2.64 bits per heavy atom. The minimum absolute atomic E-state index is 0. The van der Waals surface area contributed by atoms with Crippen LogP contribution >= 0.6 is 24.8 Å². The minimum atomic E-state index is 0. The van der Waals surface area contributed by atoms with Gasteiger partial charge in [-0.25, -0.2) is 9.67 Å². The second kappa shape index (κ2) is 7.89. The first-order valence-electron chi connectivity index (χ1n) is 8.19. The molecular weight excluding hydrogens is 361 g/mol. The highest BCUT2D eigenvalue weighted by Crippen LogP contribution is 2.31. The van der Waals surface area contributed by atoms with Crippen LogP contribution in [0.4, 0.5) is 0 Å². The van der Waals surface area contributed by atoms with Gasteiger partial charge < -0.3 is 10.6 Å². The van der Waals surface area contributed by atoms with Crippen LogP contribution in [0.3, 0.4) is 0 Å². The molecule has 6 nitrogen and oxygen atoms in total. The second-order valence-corrected chi connectivity index (χ2v) is 7.22. The molecule has 1 saturated heterocycles. The molecule has 2 aromatic heterocycles. The lowest BCUT2D eigenvalue weighted by Gasteiger charge is -2.22. The molecule has 0 radical (unpaired) electrons. The number of likely N-dealkylation sites (tertiary alicyclic amines) is 1. The van der Waals surface area contributed by atoms with E-state index in [-0.39, 0.29) is 42.2 Å². The molecule has 0 spiro atoms. The van der Waals surface area contributed by atoms with Gasteiger partial charge in [-0.15, -0.1) is 24.8 Å². The summed E-state index contributed by atoms with van der Waals surface area (Å²) in [4.78, 5) is 19.5. The summed E-state index contributed by atoms with van der Waals surface area (Å²) in [5.41, 5.74) is 8.20. The molecule has 0 aliphatic carbocycles. The number of pyridine rings is 1. The fourth-order valence-corrected chi connectivity index (χ4v) is 3.23. The van der Waals surface area contributed by atoms with Crippen molar-refractivity contribution in [1.82, 2.24) is 19.7 Å². The Morgan fingerprint density at radius 2 is 2.08 bits per heavy atom. The van der Waals surface area contributed by atoms with Gasteiger partial charge in [-0.2, -0.15) is 5.10 Å². The maximum Gasteiger partial charge on any atom is 0.254 e. The first-order valence-corrected chi connectivity index (χ1v) is 8.19. The summed E-state index contributed by atoms with van der Waals surface area (Å²) in [6.07, 6.45) is 2.71. The van der Waals surface area contributed by atoms with Crippen molar-refractivity contribution >= 4 is 41.8 Å². The number of nitrogens with zero attached hydrogens (tertiary/aromatic N) is 4. The van der Waals surface area contributed by atoms with E-state index in [9.17, 15) is 4.79 Å². The highest BCUT2D eigenvalue weighted by Gasteiger charge is 2.35. The van der Waals surface area contributed by atoms with Gasteiger partial charge in [0.15, 0.2) is 5.65 Å². The van der Waals surface area contributed by atoms with Gasteiger partial charge in [0.05, 0.1) is 17.1 Å². The van der Waals surface area contributed by atoms with Crippen LogP contribution in [-0.2, 0) is 0 Å². The molecule has 1 aliphatic heterocycles. The van der Waals surface area contributed by atoms with Gasteiger partial charge in [0.25, 0.3) is 5.91 Å². The number of fused-ring (bicyclic) bond motifs is 1. The summed E-state index contributed by atoms with van der Waals surface area (Å²) < 4.78 is 1.87. The Hall–Kier alpha value is -1.37. The molecule has 3 heterocycles. The van der Waals surface area contributed by atoms with Crippen molar-refractivity contribution in [2.24, 2.45) is 11.1 Å². The van der Waals surface area contributed by atoms with Crippen LogP contribution in [0.25, 0.3) is 11.0 Å². The zero-order valence-electron chi connectivity index (χ0n) is 15.2. The fourth-order valence-electron chi connectivity index (χ4n) is 3.23. The van der Waals surface area contributed by atoms with Gasteiger partial charge >= 0.3 is 0 Å². The van der Waals surface area contributed by atoms with E-state index in [1.807, 2.05) is 22.6 Å². The van der Waals surface area contributed by atoms with Crippen LogP contribution in [0, 0.1) is 12.3 Å². The summed E-state index contributed by atoms with van der Waals surface area (Å²) in [7, 11) is 0. The monoisotopic (exact) mass is 387 g/mol. The van der Waals surface area contributed by atoms with E-state index >= 15 is 0 Å². The average molecular weight is 388 g/mol. The summed E-state index contributed by atoms with van der Waals surface area (Å²) in [5, 5.41) is 5.24. The van der Waals surface area contributed by atoms with Gasteiger partial charge in [-0.1, -0.05) is 6.92 Å². The Bertz CT molecular complexity index is 761. The van der Waals surface area contributed by atoms with Crippen LogP contribution in [0.5, 0.6) is 0 Å². The van der Waals surface area contributed by atoms with Crippen LogP contribution < -0.4 is 5.73 Å². The molecule has 140 valence electrons. The Balaban J connectivity index is 0.00000156. The van der Waals surface area contributed by atoms with E-state index in [1.165, 1.54) is 0 Å². The minimum Gasteiger partial charge on any atom is -0.338 e. The molecule has 1 fully saturated rings. The van der Waals surface area contributed by atoms with Crippen molar-refractivity contribution in [2.75, 3.05) is 19.6 Å². The maximum atomic E-state index is 13.0. The zero-order chi connectivity index (χ0) is 16.8. The van der Waals surface area contributed by atoms with Gasteiger partial charge in [-0.05, 0) is 45.2 Å². The fraction of sp³-hybridized carbons (Fsp3) is 0.588. The van der Waals surface area contributed by atoms with Gasteiger partial charge in [0, 0.05) is 24.8 Å². The van der Waals surface area contributed by atoms with E-state index in [4.69, 9.17) is 5.73 Å². The van der Waals surface area contributed by atoms with E-state index in [1.54, 1.807) is 6.20 Å². The number of aromatic nitrogens is 3. The highest BCUT2D eigenvalue weighted by atomic mass is 35.5. The summed E-state index contributed by atoms with van der Waals surface area (Å²) in [5.74, 6) is 0.0565. The molecule has 1 aliphatic rings.